The first-order valence-corrected chi connectivity index (χ1v) is 5.30. The van der Waals surface area contributed by atoms with Gasteiger partial charge in [-0.05, 0) is 25.2 Å². The number of aliphatic hydroxyl groups excluding tert-OH is 1. The lowest BCUT2D eigenvalue weighted by Crippen LogP contribution is -2.28. The lowest BCUT2D eigenvalue weighted by Gasteiger charge is -2.29. The third-order valence-electron chi connectivity index (χ3n) is 3.20. The minimum absolute atomic E-state index is 0.195. The topological polar surface area (TPSA) is 20.2 Å². The molecule has 1 aliphatic carbocycles. The Morgan fingerprint density at radius 2 is 2.36 bits per heavy atom. The average Bonchev–Trinajstić information content (AvgIpc) is 2.50. The first kappa shape index (κ1) is 11.3. The zero-order valence-electron chi connectivity index (χ0n) is 9.38. The van der Waals surface area contributed by atoms with E-state index in [9.17, 15) is 5.11 Å². The van der Waals surface area contributed by atoms with Crippen molar-refractivity contribution in [3.8, 4) is 12.3 Å². The van der Waals surface area contributed by atoms with Gasteiger partial charge in [0.1, 0.15) is 6.10 Å². The molecule has 2 unspecified atom stereocenters. The molecule has 1 nitrogen and oxygen atoms in total. The fraction of sp³-hybridized carbons (Fsp3) is 0.692. The summed E-state index contributed by atoms with van der Waals surface area (Å²) >= 11 is 0. The molecular weight excluding hydrogens is 172 g/mol. The Balaban J connectivity index is 2.64. The zero-order valence-corrected chi connectivity index (χ0v) is 9.38. The van der Waals surface area contributed by atoms with Crippen LogP contribution in [0.4, 0.5) is 0 Å². The molecule has 0 bridgehead atoms. The fourth-order valence-electron chi connectivity index (χ4n) is 2.00. The minimum Gasteiger partial charge on any atom is -0.380 e. The molecule has 1 heteroatoms. The van der Waals surface area contributed by atoms with Crippen LogP contribution in [0.1, 0.15) is 40.0 Å². The molecule has 0 heterocycles. The Hall–Kier alpha value is -0.740. The maximum absolute atomic E-state index is 9.67. The maximum Gasteiger partial charge on any atom is 0.119 e. The normalized spacial score (nSPS) is 24.2. The Labute approximate surface area is 87.2 Å². The molecule has 1 aliphatic rings. The highest BCUT2D eigenvalue weighted by atomic mass is 16.3. The monoisotopic (exact) mass is 192 g/mol. The van der Waals surface area contributed by atoms with Crippen LogP contribution in [0.5, 0.6) is 0 Å². The Kier molecular flexibility index (Phi) is 3.39. The summed E-state index contributed by atoms with van der Waals surface area (Å²) in [5.41, 5.74) is 1.27. The standard InChI is InChI=1S/C13H20O/c1-5-12(14)13(3,4)9-11-8-6-7-10(11)2/h1,8,10,12,14H,6-7,9H2,2-4H3. The molecule has 0 aliphatic heterocycles. The van der Waals surface area contributed by atoms with Crippen LogP contribution in [0.25, 0.3) is 0 Å². The van der Waals surface area contributed by atoms with Gasteiger partial charge in [0, 0.05) is 5.41 Å². The zero-order chi connectivity index (χ0) is 10.8. The second-order valence-electron chi connectivity index (χ2n) is 4.99. The molecule has 14 heavy (non-hydrogen) atoms. The number of terminal acetylenes is 1. The van der Waals surface area contributed by atoms with Crippen LogP contribution in [-0.4, -0.2) is 11.2 Å². The van der Waals surface area contributed by atoms with E-state index in [1.54, 1.807) is 0 Å². The van der Waals surface area contributed by atoms with Crippen molar-refractivity contribution in [3.63, 3.8) is 0 Å². The largest absolute Gasteiger partial charge is 0.380 e. The van der Waals surface area contributed by atoms with E-state index in [-0.39, 0.29) is 5.41 Å². The van der Waals surface area contributed by atoms with Crippen molar-refractivity contribution in [1.29, 1.82) is 0 Å². The first-order valence-electron chi connectivity index (χ1n) is 5.30. The molecule has 0 fully saturated rings. The van der Waals surface area contributed by atoms with Crippen LogP contribution in [0.3, 0.4) is 0 Å². The molecule has 1 rings (SSSR count). The van der Waals surface area contributed by atoms with E-state index in [4.69, 9.17) is 6.42 Å². The summed E-state index contributed by atoms with van der Waals surface area (Å²) in [4.78, 5) is 0. The number of hydrogen-bond acceptors (Lipinski definition) is 1. The fourth-order valence-corrected chi connectivity index (χ4v) is 2.00. The predicted molar refractivity (Wildman–Crippen MR) is 59.7 cm³/mol. The quantitative estimate of drug-likeness (QED) is 0.538. The second-order valence-corrected chi connectivity index (χ2v) is 4.99. The third-order valence-corrected chi connectivity index (χ3v) is 3.20. The van der Waals surface area contributed by atoms with Crippen molar-refractivity contribution >= 4 is 0 Å². The number of rotatable bonds is 3. The van der Waals surface area contributed by atoms with E-state index in [1.165, 1.54) is 18.4 Å². The first-order chi connectivity index (χ1) is 6.47. The van der Waals surface area contributed by atoms with Gasteiger partial charge in [0.15, 0.2) is 0 Å². The van der Waals surface area contributed by atoms with Crippen LogP contribution in [-0.2, 0) is 0 Å². The van der Waals surface area contributed by atoms with Crippen LogP contribution in [0, 0.1) is 23.7 Å². The lowest BCUT2D eigenvalue weighted by atomic mass is 9.78. The van der Waals surface area contributed by atoms with E-state index in [0.29, 0.717) is 5.92 Å². The van der Waals surface area contributed by atoms with E-state index < -0.39 is 6.10 Å². The van der Waals surface area contributed by atoms with Gasteiger partial charge in [-0.25, -0.2) is 0 Å². The summed E-state index contributed by atoms with van der Waals surface area (Å²) in [6.07, 6.45) is 10.2. The van der Waals surface area contributed by atoms with Gasteiger partial charge in [0.25, 0.3) is 0 Å². The second kappa shape index (κ2) is 4.19. The van der Waals surface area contributed by atoms with Crippen LogP contribution < -0.4 is 0 Å². The summed E-state index contributed by atoms with van der Waals surface area (Å²) in [6, 6.07) is 0. The summed E-state index contributed by atoms with van der Waals surface area (Å²) in [5, 5.41) is 9.67. The molecule has 0 aromatic carbocycles. The summed E-state index contributed by atoms with van der Waals surface area (Å²) in [5.74, 6) is 3.09. The van der Waals surface area contributed by atoms with Gasteiger partial charge in [-0.1, -0.05) is 38.3 Å². The van der Waals surface area contributed by atoms with Gasteiger partial charge >= 0.3 is 0 Å². The van der Waals surface area contributed by atoms with Crippen molar-refractivity contribution in [3.05, 3.63) is 11.6 Å². The Morgan fingerprint density at radius 1 is 1.71 bits per heavy atom. The maximum atomic E-state index is 9.67. The molecule has 0 saturated heterocycles. The van der Waals surface area contributed by atoms with Gasteiger partial charge in [0.05, 0.1) is 0 Å². The molecule has 78 valence electrons. The van der Waals surface area contributed by atoms with Gasteiger partial charge in [0.2, 0.25) is 0 Å². The number of hydrogen-bond donors (Lipinski definition) is 1. The molecule has 2 atom stereocenters. The van der Waals surface area contributed by atoms with Crippen LogP contribution in [0.2, 0.25) is 0 Å². The van der Waals surface area contributed by atoms with Crippen molar-refractivity contribution < 1.29 is 5.11 Å². The highest BCUT2D eigenvalue weighted by molar-refractivity contribution is 5.16. The van der Waals surface area contributed by atoms with E-state index in [1.807, 2.05) is 13.8 Å². The van der Waals surface area contributed by atoms with Gasteiger partial charge in [-0.2, -0.15) is 0 Å². The molecular formula is C13H20O. The van der Waals surface area contributed by atoms with Crippen LogP contribution in [0.15, 0.2) is 11.6 Å². The molecule has 0 spiro atoms. The minimum atomic E-state index is -0.642. The molecule has 0 radical (unpaired) electrons. The summed E-state index contributed by atoms with van der Waals surface area (Å²) in [6.45, 7) is 6.31. The number of aliphatic hydroxyl groups is 1. The molecule has 0 amide bonds. The lowest BCUT2D eigenvalue weighted by molar-refractivity contribution is 0.0974. The van der Waals surface area contributed by atoms with Crippen molar-refractivity contribution in [1.82, 2.24) is 0 Å². The van der Waals surface area contributed by atoms with Crippen LogP contribution >= 0.6 is 0 Å². The van der Waals surface area contributed by atoms with Gasteiger partial charge in [-0.3, -0.25) is 0 Å². The van der Waals surface area contributed by atoms with Crippen molar-refractivity contribution in [2.75, 3.05) is 0 Å². The highest BCUT2D eigenvalue weighted by Crippen LogP contribution is 2.36. The smallest absolute Gasteiger partial charge is 0.119 e. The van der Waals surface area contributed by atoms with Crippen molar-refractivity contribution in [2.24, 2.45) is 11.3 Å². The molecule has 0 saturated carbocycles. The molecule has 0 aromatic rings. The molecule has 1 N–H and O–H groups in total. The molecule has 0 aromatic heterocycles. The highest BCUT2D eigenvalue weighted by Gasteiger charge is 2.29. The van der Waals surface area contributed by atoms with E-state index in [0.717, 1.165) is 6.42 Å². The SMILES string of the molecule is C#CC(O)C(C)(C)CC1=CCCC1C. The third kappa shape index (κ3) is 2.39. The van der Waals surface area contributed by atoms with E-state index >= 15 is 0 Å². The average molecular weight is 192 g/mol. The summed E-state index contributed by atoms with van der Waals surface area (Å²) < 4.78 is 0. The predicted octanol–water partition coefficient (Wildman–Crippen LogP) is 2.75. The van der Waals surface area contributed by atoms with E-state index in [2.05, 4.69) is 18.9 Å². The number of allylic oxidation sites excluding steroid dienone is 2. The Bertz CT molecular complexity index is 267. The Morgan fingerprint density at radius 3 is 2.79 bits per heavy atom. The van der Waals surface area contributed by atoms with Gasteiger partial charge in [-0.15, -0.1) is 6.42 Å². The van der Waals surface area contributed by atoms with Gasteiger partial charge < -0.3 is 5.11 Å². The van der Waals surface area contributed by atoms with Crippen molar-refractivity contribution in [2.45, 2.75) is 46.1 Å². The summed E-state index contributed by atoms with van der Waals surface area (Å²) in [7, 11) is 0.